The first-order valence-electron chi connectivity index (χ1n) is 7.24. The number of piperidine rings is 1. The Balaban J connectivity index is 0. The number of carbonyl (C=O) groups excluding carboxylic acids is 1. The van der Waals surface area contributed by atoms with Crippen LogP contribution in [0.15, 0.2) is 0 Å². The van der Waals surface area contributed by atoms with E-state index < -0.39 is 0 Å². The summed E-state index contributed by atoms with van der Waals surface area (Å²) in [5.74, 6) is 0.653. The lowest BCUT2D eigenvalue weighted by atomic mass is 9.92. The van der Waals surface area contributed by atoms with E-state index in [0.29, 0.717) is 24.9 Å². The van der Waals surface area contributed by atoms with Crippen molar-refractivity contribution < 1.29 is 9.53 Å². The monoisotopic (exact) mass is 343 g/mol. The van der Waals surface area contributed by atoms with Crippen LogP contribution in [0.4, 0.5) is 0 Å². The number of nitrogens with two attached hydrogens (primary N) is 1. The van der Waals surface area contributed by atoms with Gasteiger partial charge in [-0.2, -0.15) is 0 Å². The van der Waals surface area contributed by atoms with Crippen molar-refractivity contribution in [2.24, 2.45) is 11.7 Å². The minimum absolute atomic E-state index is 0. The molecule has 0 aromatic heterocycles. The molecule has 1 saturated heterocycles. The van der Waals surface area contributed by atoms with Gasteiger partial charge in [-0.25, -0.2) is 0 Å². The van der Waals surface area contributed by atoms with Gasteiger partial charge >= 0.3 is 0 Å². The van der Waals surface area contributed by atoms with E-state index in [9.17, 15) is 4.79 Å². The third kappa shape index (κ3) is 6.70. The highest BCUT2D eigenvalue weighted by Gasteiger charge is 2.31. The van der Waals surface area contributed by atoms with Crippen molar-refractivity contribution in [3.8, 4) is 0 Å². The Morgan fingerprint density at radius 2 is 2.10 bits per heavy atom. The molecule has 2 N–H and O–H groups in total. The number of carbonyl (C=O) groups is 1. The van der Waals surface area contributed by atoms with Crippen LogP contribution in [0.2, 0.25) is 0 Å². The standard InChI is InChI=1S/C14H29N3O2.2ClH/c1-5-17-7-6-13(11(2)10-17)16(3)14(18)8-12(9-15)19-4;;/h11-13H,5-10,15H2,1-4H3;2*1H. The first-order valence-corrected chi connectivity index (χ1v) is 7.24. The Hall–Kier alpha value is -0.0700. The Labute approximate surface area is 141 Å². The molecule has 1 amide bonds. The SMILES string of the molecule is CCN1CCC(N(C)C(=O)CC(CN)OC)C(C)C1.Cl.Cl. The third-order valence-electron chi connectivity index (χ3n) is 4.28. The number of methoxy groups -OCH3 is 1. The van der Waals surface area contributed by atoms with Gasteiger partial charge in [-0.15, -0.1) is 24.8 Å². The Bertz CT molecular complexity index is 291. The smallest absolute Gasteiger partial charge is 0.225 e. The van der Waals surface area contributed by atoms with Crippen molar-refractivity contribution in [1.82, 2.24) is 9.80 Å². The highest BCUT2D eigenvalue weighted by Crippen LogP contribution is 2.21. The van der Waals surface area contributed by atoms with Crippen LogP contribution < -0.4 is 5.73 Å². The molecule has 1 fully saturated rings. The van der Waals surface area contributed by atoms with Gasteiger partial charge in [0.15, 0.2) is 0 Å². The lowest BCUT2D eigenvalue weighted by molar-refractivity contribution is -0.136. The lowest BCUT2D eigenvalue weighted by Gasteiger charge is -2.41. The van der Waals surface area contributed by atoms with Gasteiger partial charge in [0, 0.05) is 39.8 Å². The Morgan fingerprint density at radius 1 is 1.48 bits per heavy atom. The molecule has 3 atom stereocenters. The van der Waals surface area contributed by atoms with Crippen molar-refractivity contribution in [2.45, 2.75) is 38.8 Å². The molecule has 1 rings (SSSR count). The van der Waals surface area contributed by atoms with E-state index in [1.807, 2.05) is 11.9 Å². The van der Waals surface area contributed by atoms with Crippen molar-refractivity contribution in [3.63, 3.8) is 0 Å². The summed E-state index contributed by atoms with van der Waals surface area (Å²) in [6, 6.07) is 0.339. The molecule has 3 unspecified atom stereocenters. The first kappa shape index (κ1) is 23.2. The van der Waals surface area contributed by atoms with Crippen molar-refractivity contribution >= 4 is 30.7 Å². The molecular formula is C14H31Cl2N3O2. The molecule has 0 radical (unpaired) electrons. The molecule has 0 aromatic rings. The predicted molar refractivity (Wildman–Crippen MR) is 91.4 cm³/mol. The second kappa shape index (κ2) is 11.5. The number of nitrogens with zero attached hydrogens (tertiary/aromatic N) is 2. The zero-order chi connectivity index (χ0) is 14.4. The van der Waals surface area contributed by atoms with Crippen LogP contribution >= 0.6 is 24.8 Å². The molecule has 0 aromatic carbocycles. The van der Waals surface area contributed by atoms with Gasteiger partial charge in [0.25, 0.3) is 0 Å². The summed E-state index contributed by atoms with van der Waals surface area (Å²) >= 11 is 0. The topological polar surface area (TPSA) is 58.8 Å². The lowest BCUT2D eigenvalue weighted by Crippen LogP contribution is -2.51. The van der Waals surface area contributed by atoms with Gasteiger partial charge in [-0.3, -0.25) is 4.79 Å². The Kier molecular flexibility index (Phi) is 12.7. The summed E-state index contributed by atoms with van der Waals surface area (Å²) < 4.78 is 5.19. The van der Waals surface area contributed by atoms with Gasteiger partial charge in [0.05, 0.1) is 12.5 Å². The normalized spacial score (nSPS) is 23.7. The molecule has 0 bridgehead atoms. The van der Waals surface area contributed by atoms with Crippen molar-refractivity contribution in [3.05, 3.63) is 0 Å². The Morgan fingerprint density at radius 3 is 2.52 bits per heavy atom. The number of hydrogen-bond donors (Lipinski definition) is 1. The van der Waals surface area contributed by atoms with E-state index in [-0.39, 0.29) is 36.8 Å². The van der Waals surface area contributed by atoms with Gasteiger partial charge in [-0.05, 0) is 18.9 Å². The second-order valence-electron chi connectivity index (χ2n) is 5.53. The number of hydrogen-bond acceptors (Lipinski definition) is 4. The van der Waals surface area contributed by atoms with Crippen LogP contribution in [-0.2, 0) is 9.53 Å². The van der Waals surface area contributed by atoms with Crippen LogP contribution in [0, 0.1) is 5.92 Å². The average Bonchev–Trinajstić information content (AvgIpc) is 2.43. The molecule has 0 saturated carbocycles. The largest absolute Gasteiger partial charge is 0.380 e. The molecule has 0 aliphatic carbocycles. The maximum Gasteiger partial charge on any atom is 0.225 e. The molecule has 5 nitrogen and oxygen atoms in total. The van der Waals surface area contributed by atoms with E-state index >= 15 is 0 Å². The molecule has 1 aliphatic heterocycles. The summed E-state index contributed by atoms with van der Waals surface area (Å²) in [7, 11) is 3.52. The average molecular weight is 344 g/mol. The second-order valence-corrected chi connectivity index (χ2v) is 5.53. The maximum atomic E-state index is 12.2. The number of ether oxygens (including phenoxy) is 1. The van der Waals surface area contributed by atoms with E-state index in [4.69, 9.17) is 10.5 Å². The summed E-state index contributed by atoms with van der Waals surface area (Å²) in [4.78, 5) is 16.6. The highest BCUT2D eigenvalue weighted by atomic mass is 35.5. The summed E-state index contributed by atoms with van der Waals surface area (Å²) in [6.45, 7) is 8.05. The number of rotatable bonds is 6. The number of halogens is 2. The van der Waals surface area contributed by atoms with Crippen LogP contribution in [0.25, 0.3) is 0 Å². The van der Waals surface area contributed by atoms with Crippen LogP contribution in [0.5, 0.6) is 0 Å². The molecular weight excluding hydrogens is 313 g/mol. The fraction of sp³-hybridized carbons (Fsp3) is 0.929. The van der Waals surface area contributed by atoms with E-state index in [1.165, 1.54) is 0 Å². The fourth-order valence-corrected chi connectivity index (χ4v) is 2.87. The van der Waals surface area contributed by atoms with Crippen LogP contribution in [-0.4, -0.2) is 68.2 Å². The molecule has 128 valence electrons. The van der Waals surface area contributed by atoms with Gasteiger partial charge in [-0.1, -0.05) is 13.8 Å². The highest BCUT2D eigenvalue weighted by molar-refractivity contribution is 5.85. The van der Waals surface area contributed by atoms with Gasteiger partial charge in [0.2, 0.25) is 5.91 Å². The summed E-state index contributed by atoms with van der Waals surface area (Å²) in [5, 5.41) is 0. The van der Waals surface area contributed by atoms with E-state index in [0.717, 1.165) is 26.1 Å². The van der Waals surface area contributed by atoms with Crippen LogP contribution in [0.1, 0.15) is 26.7 Å². The molecule has 1 aliphatic rings. The molecule has 7 heteroatoms. The fourth-order valence-electron chi connectivity index (χ4n) is 2.87. The van der Waals surface area contributed by atoms with Crippen molar-refractivity contribution in [1.29, 1.82) is 0 Å². The van der Waals surface area contributed by atoms with Gasteiger partial charge in [0.1, 0.15) is 0 Å². The minimum atomic E-state index is -0.166. The quantitative estimate of drug-likeness (QED) is 0.791. The molecule has 0 spiro atoms. The summed E-state index contributed by atoms with van der Waals surface area (Å²) in [5.41, 5.74) is 5.57. The summed E-state index contributed by atoms with van der Waals surface area (Å²) in [6.07, 6.45) is 1.27. The zero-order valence-electron chi connectivity index (χ0n) is 13.6. The molecule has 21 heavy (non-hydrogen) atoms. The van der Waals surface area contributed by atoms with E-state index in [1.54, 1.807) is 7.11 Å². The predicted octanol–water partition coefficient (Wildman–Crippen LogP) is 1.38. The van der Waals surface area contributed by atoms with E-state index in [2.05, 4.69) is 18.7 Å². The first-order chi connectivity index (χ1) is 9.03. The zero-order valence-corrected chi connectivity index (χ0v) is 15.2. The number of likely N-dealkylation sites (tertiary alicyclic amines) is 1. The number of amides is 1. The van der Waals surface area contributed by atoms with Crippen LogP contribution in [0.3, 0.4) is 0 Å². The maximum absolute atomic E-state index is 12.2. The van der Waals surface area contributed by atoms with Gasteiger partial charge < -0.3 is 20.3 Å². The van der Waals surface area contributed by atoms with Crippen molar-refractivity contribution in [2.75, 3.05) is 40.3 Å². The minimum Gasteiger partial charge on any atom is -0.380 e. The molecule has 1 heterocycles. The third-order valence-corrected chi connectivity index (χ3v) is 4.28.